The summed E-state index contributed by atoms with van der Waals surface area (Å²) in [5, 5.41) is 12.1. The molecular formula is C15H18N2O4. The monoisotopic (exact) mass is 290 g/mol. The molecule has 6 nitrogen and oxygen atoms in total. The number of hydrogen-bond acceptors (Lipinski definition) is 4. The van der Waals surface area contributed by atoms with Gasteiger partial charge in [-0.25, -0.2) is 4.79 Å². The molecule has 1 aromatic rings. The van der Waals surface area contributed by atoms with Crippen LogP contribution in [0.1, 0.15) is 29.6 Å². The molecule has 1 saturated carbocycles. The Labute approximate surface area is 122 Å². The second-order valence-corrected chi connectivity index (χ2v) is 5.39. The standard InChI is InChI=1S/C15H18N2O4/c18-13(16-10-4-5-10)6-7-17-8-9-21-14-11(15(19)20)2-1-3-12(14)17/h1-3,10H,4-9H2,(H,16,18)(H,19,20). The van der Waals surface area contributed by atoms with Gasteiger partial charge in [0.05, 0.1) is 12.2 Å². The van der Waals surface area contributed by atoms with E-state index in [1.807, 2.05) is 11.0 Å². The van der Waals surface area contributed by atoms with Crippen molar-refractivity contribution in [3.8, 4) is 5.75 Å². The smallest absolute Gasteiger partial charge is 0.339 e. The van der Waals surface area contributed by atoms with Gasteiger partial charge in [0.2, 0.25) is 5.91 Å². The average molecular weight is 290 g/mol. The normalized spacial score (nSPS) is 16.9. The lowest BCUT2D eigenvalue weighted by Crippen LogP contribution is -2.37. The fraction of sp³-hybridized carbons (Fsp3) is 0.467. The number of carbonyl (C=O) groups is 2. The summed E-state index contributed by atoms with van der Waals surface area (Å²) in [7, 11) is 0. The fourth-order valence-electron chi connectivity index (χ4n) is 2.47. The first-order chi connectivity index (χ1) is 10.1. The van der Waals surface area contributed by atoms with Crippen LogP contribution in [0, 0.1) is 0 Å². The van der Waals surface area contributed by atoms with Crippen LogP contribution in [0.15, 0.2) is 18.2 Å². The summed E-state index contributed by atoms with van der Waals surface area (Å²) >= 11 is 0. The summed E-state index contributed by atoms with van der Waals surface area (Å²) in [4.78, 5) is 25.0. The van der Waals surface area contributed by atoms with Crippen LogP contribution < -0.4 is 15.0 Å². The predicted molar refractivity (Wildman–Crippen MR) is 76.9 cm³/mol. The number of rotatable bonds is 5. The maximum atomic E-state index is 11.8. The van der Waals surface area contributed by atoms with Crippen molar-refractivity contribution in [2.24, 2.45) is 0 Å². The highest BCUT2D eigenvalue weighted by molar-refractivity contribution is 5.93. The van der Waals surface area contributed by atoms with Gasteiger partial charge >= 0.3 is 5.97 Å². The van der Waals surface area contributed by atoms with Gasteiger partial charge in [0.15, 0.2) is 5.75 Å². The number of fused-ring (bicyclic) bond motifs is 1. The highest BCUT2D eigenvalue weighted by Gasteiger charge is 2.26. The van der Waals surface area contributed by atoms with E-state index < -0.39 is 5.97 Å². The van der Waals surface area contributed by atoms with Crippen molar-refractivity contribution < 1.29 is 19.4 Å². The van der Waals surface area contributed by atoms with E-state index in [4.69, 9.17) is 4.74 Å². The van der Waals surface area contributed by atoms with Crippen LogP contribution in [0.25, 0.3) is 0 Å². The van der Waals surface area contributed by atoms with Crippen LogP contribution >= 0.6 is 0 Å². The lowest BCUT2D eigenvalue weighted by atomic mass is 10.1. The molecule has 0 radical (unpaired) electrons. The second kappa shape index (κ2) is 5.63. The Morgan fingerprint density at radius 1 is 1.38 bits per heavy atom. The van der Waals surface area contributed by atoms with Crippen molar-refractivity contribution in [1.29, 1.82) is 0 Å². The number of carboxylic acids is 1. The molecule has 3 rings (SSSR count). The third-order valence-corrected chi connectivity index (χ3v) is 3.72. The van der Waals surface area contributed by atoms with Gasteiger partial charge in [-0.2, -0.15) is 0 Å². The quantitative estimate of drug-likeness (QED) is 0.853. The molecule has 0 saturated heterocycles. The Morgan fingerprint density at radius 3 is 2.90 bits per heavy atom. The van der Waals surface area contributed by atoms with Gasteiger partial charge in [0, 0.05) is 19.0 Å². The Balaban J connectivity index is 1.69. The molecule has 0 aromatic heterocycles. The van der Waals surface area contributed by atoms with Crippen LogP contribution in [0.4, 0.5) is 5.69 Å². The maximum absolute atomic E-state index is 11.8. The Kier molecular flexibility index (Phi) is 3.68. The number of nitrogens with one attached hydrogen (secondary N) is 1. The van der Waals surface area contributed by atoms with Crippen molar-refractivity contribution in [2.75, 3.05) is 24.6 Å². The first-order valence-corrected chi connectivity index (χ1v) is 7.18. The predicted octanol–water partition coefficient (Wildman–Crippen LogP) is 1.25. The molecule has 0 bridgehead atoms. The highest BCUT2D eigenvalue weighted by Crippen LogP contribution is 2.35. The molecule has 1 aromatic carbocycles. The van der Waals surface area contributed by atoms with Gasteiger partial charge < -0.3 is 20.1 Å². The SMILES string of the molecule is O=C(CCN1CCOc2c(C(=O)O)cccc21)NC1CC1. The number of carboxylic acid groups (broad SMARTS) is 1. The van der Waals surface area contributed by atoms with Crippen LogP contribution in [0.2, 0.25) is 0 Å². The summed E-state index contributed by atoms with van der Waals surface area (Å²) in [5.74, 6) is -0.543. The lowest BCUT2D eigenvalue weighted by Gasteiger charge is -2.31. The number of nitrogens with zero attached hydrogens (tertiary/aromatic N) is 1. The number of anilines is 1. The van der Waals surface area contributed by atoms with Gasteiger partial charge in [-0.3, -0.25) is 4.79 Å². The molecule has 2 N–H and O–H groups in total. The fourth-order valence-corrected chi connectivity index (χ4v) is 2.47. The third-order valence-electron chi connectivity index (χ3n) is 3.72. The molecule has 6 heteroatoms. The van der Waals surface area contributed by atoms with E-state index in [2.05, 4.69) is 5.32 Å². The Bertz CT molecular complexity index is 569. The molecule has 0 atom stereocenters. The molecule has 1 fully saturated rings. The molecule has 21 heavy (non-hydrogen) atoms. The van der Waals surface area contributed by atoms with E-state index in [-0.39, 0.29) is 11.5 Å². The minimum absolute atomic E-state index is 0.0555. The van der Waals surface area contributed by atoms with E-state index >= 15 is 0 Å². The summed E-state index contributed by atoms with van der Waals surface area (Å²) in [6.07, 6.45) is 2.56. The highest BCUT2D eigenvalue weighted by atomic mass is 16.5. The number of carbonyl (C=O) groups excluding carboxylic acids is 1. The number of amides is 1. The van der Waals surface area contributed by atoms with Crippen LogP contribution in [0.5, 0.6) is 5.75 Å². The molecule has 1 aliphatic carbocycles. The molecule has 1 heterocycles. The van der Waals surface area contributed by atoms with Gasteiger partial charge in [-0.1, -0.05) is 6.07 Å². The lowest BCUT2D eigenvalue weighted by molar-refractivity contribution is -0.121. The Morgan fingerprint density at radius 2 is 2.19 bits per heavy atom. The average Bonchev–Trinajstić information content (AvgIpc) is 3.28. The first-order valence-electron chi connectivity index (χ1n) is 7.18. The topological polar surface area (TPSA) is 78.9 Å². The molecule has 112 valence electrons. The van der Waals surface area contributed by atoms with Crippen LogP contribution in [-0.4, -0.2) is 42.7 Å². The zero-order valence-electron chi connectivity index (χ0n) is 11.7. The summed E-state index contributed by atoms with van der Waals surface area (Å²) in [6.45, 7) is 1.66. The van der Waals surface area contributed by atoms with Gasteiger partial charge in [0.1, 0.15) is 12.2 Å². The van der Waals surface area contributed by atoms with E-state index in [1.165, 1.54) is 6.07 Å². The van der Waals surface area contributed by atoms with Crippen molar-refractivity contribution in [2.45, 2.75) is 25.3 Å². The first kappa shape index (κ1) is 13.7. The third kappa shape index (κ3) is 3.09. The summed E-state index contributed by atoms with van der Waals surface area (Å²) < 4.78 is 5.50. The number of ether oxygens (including phenoxy) is 1. The second-order valence-electron chi connectivity index (χ2n) is 5.39. The van der Waals surface area contributed by atoms with Crippen molar-refractivity contribution in [3.63, 3.8) is 0 Å². The van der Waals surface area contributed by atoms with Crippen molar-refractivity contribution in [3.05, 3.63) is 23.8 Å². The largest absolute Gasteiger partial charge is 0.489 e. The van der Waals surface area contributed by atoms with E-state index in [0.717, 1.165) is 18.5 Å². The number of aromatic carboxylic acids is 1. The van der Waals surface area contributed by atoms with Crippen molar-refractivity contribution in [1.82, 2.24) is 5.32 Å². The molecule has 0 spiro atoms. The zero-order valence-corrected chi connectivity index (χ0v) is 11.7. The number of para-hydroxylation sites is 1. The van der Waals surface area contributed by atoms with E-state index in [9.17, 15) is 14.7 Å². The summed E-state index contributed by atoms with van der Waals surface area (Å²) in [6, 6.07) is 5.44. The summed E-state index contributed by atoms with van der Waals surface area (Å²) in [5.41, 5.74) is 0.917. The molecular weight excluding hydrogens is 272 g/mol. The maximum Gasteiger partial charge on any atom is 0.339 e. The van der Waals surface area contributed by atoms with Crippen molar-refractivity contribution >= 4 is 17.6 Å². The number of hydrogen-bond donors (Lipinski definition) is 2. The van der Waals surface area contributed by atoms with Crippen LogP contribution in [-0.2, 0) is 4.79 Å². The van der Waals surface area contributed by atoms with E-state index in [0.29, 0.717) is 37.9 Å². The number of benzene rings is 1. The molecule has 1 aliphatic heterocycles. The Hall–Kier alpha value is -2.24. The minimum atomic E-state index is -1.000. The minimum Gasteiger partial charge on any atom is -0.489 e. The van der Waals surface area contributed by atoms with Gasteiger partial charge in [0.25, 0.3) is 0 Å². The van der Waals surface area contributed by atoms with E-state index in [1.54, 1.807) is 6.07 Å². The van der Waals surface area contributed by atoms with Crippen LogP contribution in [0.3, 0.4) is 0 Å². The molecule has 2 aliphatic rings. The molecule has 1 amide bonds. The molecule has 0 unspecified atom stereocenters. The van der Waals surface area contributed by atoms with Gasteiger partial charge in [-0.05, 0) is 25.0 Å². The van der Waals surface area contributed by atoms with Gasteiger partial charge in [-0.15, -0.1) is 0 Å². The zero-order chi connectivity index (χ0) is 14.8.